The van der Waals surface area contributed by atoms with E-state index in [1.807, 2.05) is 24.3 Å². The van der Waals surface area contributed by atoms with Gasteiger partial charge < -0.3 is 14.7 Å². The molecule has 0 heterocycles. The molecular formula is C26H45NO3. The molecular weight excluding hydrogens is 374 g/mol. The highest BCUT2D eigenvalue weighted by Gasteiger charge is 2.01. The van der Waals surface area contributed by atoms with E-state index < -0.39 is 5.97 Å². The lowest BCUT2D eigenvalue weighted by Crippen LogP contribution is -2.21. The summed E-state index contributed by atoms with van der Waals surface area (Å²) in [6, 6.07) is 7.79. The van der Waals surface area contributed by atoms with Crippen molar-refractivity contribution in [3.63, 3.8) is 0 Å². The third-order valence-electron chi connectivity index (χ3n) is 5.65. The molecule has 0 bridgehead atoms. The number of hydrogen-bond acceptors (Lipinski definition) is 3. The van der Waals surface area contributed by atoms with Crippen LogP contribution in [0.5, 0.6) is 5.75 Å². The number of ether oxygens (including phenoxy) is 1. The molecule has 0 aliphatic carbocycles. The van der Waals surface area contributed by atoms with Gasteiger partial charge in [0.15, 0.2) is 0 Å². The molecule has 0 saturated carbocycles. The van der Waals surface area contributed by atoms with Gasteiger partial charge in [-0.2, -0.15) is 0 Å². The van der Waals surface area contributed by atoms with Crippen LogP contribution in [-0.2, 0) is 11.2 Å². The number of nitrogens with zero attached hydrogens (tertiary/aromatic N) is 1. The number of hydrogen-bond donors (Lipinski definition) is 1. The standard InChI is InChI=1S/C26H45NO3/c1-3-4-5-6-7-8-9-10-11-12-21-27(2)22-13-14-23-30-25-18-15-24(16-19-25)17-20-26(28)29/h15-16,18-19H,3-14,17,20-23H2,1-2H3,(H,28,29). The molecule has 0 aliphatic rings. The van der Waals surface area contributed by atoms with E-state index in [1.165, 1.54) is 70.8 Å². The van der Waals surface area contributed by atoms with E-state index in [4.69, 9.17) is 9.84 Å². The van der Waals surface area contributed by atoms with E-state index in [-0.39, 0.29) is 6.42 Å². The Bertz CT molecular complexity index is 530. The maximum Gasteiger partial charge on any atom is 0.303 e. The summed E-state index contributed by atoms with van der Waals surface area (Å²) in [5.74, 6) is 0.112. The molecule has 0 amide bonds. The zero-order chi connectivity index (χ0) is 21.9. The quantitative estimate of drug-likeness (QED) is 0.238. The lowest BCUT2D eigenvalue weighted by Gasteiger charge is -2.16. The van der Waals surface area contributed by atoms with Gasteiger partial charge in [0.1, 0.15) is 5.75 Å². The van der Waals surface area contributed by atoms with Crippen molar-refractivity contribution in [2.45, 2.75) is 96.8 Å². The van der Waals surface area contributed by atoms with Crippen molar-refractivity contribution in [3.8, 4) is 5.75 Å². The average Bonchev–Trinajstić information content (AvgIpc) is 2.74. The molecule has 0 unspecified atom stereocenters. The topological polar surface area (TPSA) is 49.8 Å². The maximum atomic E-state index is 10.6. The predicted octanol–water partition coefficient (Wildman–Crippen LogP) is 6.72. The van der Waals surface area contributed by atoms with Crippen molar-refractivity contribution in [1.29, 1.82) is 0 Å². The van der Waals surface area contributed by atoms with Crippen molar-refractivity contribution in [1.82, 2.24) is 4.90 Å². The van der Waals surface area contributed by atoms with Gasteiger partial charge in [0.25, 0.3) is 0 Å². The Morgan fingerprint density at radius 3 is 1.93 bits per heavy atom. The summed E-state index contributed by atoms with van der Waals surface area (Å²) in [6.07, 6.45) is 16.9. The van der Waals surface area contributed by atoms with Crippen molar-refractivity contribution >= 4 is 5.97 Å². The van der Waals surface area contributed by atoms with Gasteiger partial charge in [-0.1, -0.05) is 76.8 Å². The summed E-state index contributed by atoms with van der Waals surface area (Å²) in [7, 11) is 2.23. The van der Waals surface area contributed by atoms with Crippen molar-refractivity contribution in [2.24, 2.45) is 0 Å². The van der Waals surface area contributed by atoms with Gasteiger partial charge in [-0.3, -0.25) is 4.79 Å². The lowest BCUT2D eigenvalue weighted by atomic mass is 10.1. The van der Waals surface area contributed by atoms with Crippen LogP contribution < -0.4 is 4.74 Å². The molecule has 1 N–H and O–H groups in total. The number of carboxylic acids is 1. The molecule has 1 aromatic rings. The number of aliphatic carboxylic acids is 1. The van der Waals surface area contributed by atoms with Crippen LogP contribution in [0.1, 0.15) is 96.0 Å². The normalized spacial score (nSPS) is 11.2. The Morgan fingerprint density at radius 1 is 0.833 bits per heavy atom. The fourth-order valence-corrected chi connectivity index (χ4v) is 3.66. The molecule has 4 heteroatoms. The number of aryl methyl sites for hydroxylation is 1. The minimum absolute atomic E-state index is 0.173. The van der Waals surface area contributed by atoms with E-state index in [0.29, 0.717) is 6.42 Å². The lowest BCUT2D eigenvalue weighted by molar-refractivity contribution is -0.136. The Kier molecular flexibility index (Phi) is 16.1. The van der Waals surface area contributed by atoms with E-state index >= 15 is 0 Å². The second kappa shape index (κ2) is 18.2. The Balaban J connectivity index is 1.92. The van der Waals surface area contributed by atoms with Gasteiger partial charge in [0.2, 0.25) is 0 Å². The molecule has 0 aromatic heterocycles. The zero-order valence-corrected chi connectivity index (χ0v) is 19.5. The monoisotopic (exact) mass is 419 g/mol. The second-order valence-electron chi connectivity index (χ2n) is 8.58. The number of rotatable bonds is 20. The van der Waals surface area contributed by atoms with Crippen molar-refractivity contribution < 1.29 is 14.6 Å². The third kappa shape index (κ3) is 15.3. The molecule has 1 aromatic carbocycles. The first-order chi connectivity index (χ1) is 14.6. The van der Waals surface area contributed by atoms with Crippen LogP contribution in [0.15, 0.2) is 24.3 Å². The van der Waals surface area contributed by atoms with Crippen LogP contribution in [-0.4, -0.2) is 42.7 Å². The molecule has 0 saturated heterocycles. The number of carboxylic acid groups (broad SMARTS) is 1. The van der Waals surface area contributed by atoms with E-state index in [9.17, 15) is 4.79 Å². The van der Waals surface area contributed by atoms with Gasteiger partial charge in [-0.05, 0) is 63.5 Å². The van der Waals surface area contributed by atoms with Gasteiger partial charge in [0.05, 0.1) is 6.61 Å². The highest BCUT2D eigenvalue weighted by Crippen LogP contribution is 2.14. The smallest absolute Gasteiger partial charge is 0.303 e. The van der Waals surface area contributed by atoms with Gasteiger partial charge >= 0.3 is 5.97 Å². The minimum Gasteiger partial charge on any atom is -0.494 e. The van der Waals surface area contributed by atoms with E-state index in [2.05, 4.69) is 18.9 Å². The van der Waals surface area contributed by atoms with Gasteiger partial charge in [-0.25, -0.2) is 0 Å². The van der Waals surface area contributed by atoms with Crippen molar-refractivity contribution in [3.05, 3.63) is 29.8 Å². The van der Waals surface area contributed by atoms with Crippen LogP contribution >= 0.6 is 0 Å². The molecule has 0 atom stereocenters. The number of benzene rings is 1. The maximum absolute atomic E-state index is 10.6. The molecule has 0 spiro atoms. The third-order valence-corrected chi connectivity index (χ3v) is 5.65. The second-order valence-corrected chi connectivity index (χ2v) is 8.58. The Labute approximate surface area is 185 Å². The summed E-state index contributed by atoms with van der Waals surface area (Å²) in [5, 5.41) is 8.73. The Hall–Kier alpha value is -1.55. The number of carbonyl (C=O) groups is 1. The summed E-state index contributed by atoms with van der Waals surface area (Å²) in [4.78, 5) is 13.1. The predicted molar refractivity (Wildman–Crippen MR) is 126 cm³/mol. The fourth-order valence-electron chi connectivity index (χ4n) is 3.66. The summed E-state index contributed by atoms with van der Waals surface area (Å²) < 4.78 is 5.80. The average molecular weight is 420 g/mol. The van der Waals surface area contributed by atoms with Crippen LogP contribution in [0.2, 0.25) is 0 Å². The van der Waals surface area contributed by atoms with Crippen LogP contribution in [0.3, 0.4) is 0 Å². The fraction of sp³-hybridized carbons (Fsp3) is 0.731. The summed E-state index contributed by atoms with van der Waals surface area (Å²) in [5.41, 5.74) is 1.04. The van der Waals surface area contributed by atoms with Crippen LogP contribution in [0, 0.1) is 0 Å². The van der Waals surface area contributed by atoms with E-state index in [1.54, 1.807) is 0 Å². The van der Waals surface area contributed by atoms with Gasteiger partial charge in [-0.15, -0.1) is 0 Å². The van der Waals surface area contributed by atoms with Crippen LogP contribution in [0.4, 0.5) is 0 Å². The molecule has 1 rings (SSSR count). The highest BCUT2D eigenvalue weighted by molar-refractivity contribution is 5.67. The summed E-state index contributed by atoms with van der Waals surface area (Å²) in [6.45, 7) is 5.35. The minimum atomic E-state index is -0.756. The molecule has 4 nitrogen and oxygen atoms in total. The largest absolute Gasteiger partial charge is 0.494 e. The zero-order valence-electron chi connectivity index (χ0n) is 19.5. The molecule has 172 valence electrons. The first-order valence-electron chi connectivity index (χ1n) is 12.2. The first-order valence-corrected chi connectivity index (χ1v) is 12.2. The Morgan fingerprint density at radius 2 is 1.37 bits per heavy atom. The van der Waals surface area contributed by atoms with Crippen molar-refractivity contribution in [2.75, 3.05) is 26.7 Å². The molecule has 30 heavy (non-hydrogen) atoms. The van der Waals surface area contributed by atoms with Gasteiger partial charge in [0, 0.05) is 6.42 Å². The molecule has 0 aliphatic heterocycles. The SMILES string of the molecule is CCCCCCCCCCCCN(C)CCCCOc1ccc(CCC(=O)O)cc1. The first kappa shape index (κ1) is 26.5. The van der Waals surface area contributed by atoms with Crippen LogP contribution in [0.25, 0.3) is 0 Å². The summed E-state index contributed by atoms with van der Waals surface area (Å²) >= 11 is 0. The number of unbranched alkanes of at least 4 members (excludes halogenated alkanes) is 10. The highest BCUT2D eigenvalue weighted by atomic mass is 16.5. The molecule has 0 fully saturated rings. The van der Waals surface area contributed by atoms with E-state index in [0.717, 1.165) is 37.3 Å². The molecule has 0 radical (unpaired) electrons.